The third-order valence-corrected chi connectivity index (χ3v) is 4.99. The van der Waals surface area contributed by atoms with Crippen molar-refractivity contribution >= 4 is 6.08 Å². The van der Waals surface area contributed by atoms with E-state index in [1.165, 1.54) is 59.9 Å². The second-order valence-electron chi connectivity index (χ2n) is 6.72. The highest BCUT2D eigenvalue weighted by Gasteiger charge is 2.16. The molecule has 0 aromatic heterocycles. The molecule has 0 heteroatoms. The second kappa shape index (κ2) is 7.64. The van der Waals surface area contributed by atoms with Gasteiger partial charge in [0.1, 0.15) is 0 Å². The van der Waals surface area contributed by atoms with Crippen LogP contribution in [-0.4, -0.2) is 0 Å². The first-order chi connectivity index (χ1) is 11.3. The summed E-state index contributed by atoms with van der Waals surface area (Å²) in [6.45, 7) is 4.49. The summed E-state index contributed by atoms with van der Waals surface area (Å²) in [5, 5.41) is 0. The summed E-state index contributed by atoms with van der Waals surface area (Å²) in [4.78, 5) is 0. The normalized spacial score (nSPS) is 13.0. The van der Waals surface area contributed by atoms with E-state index in [0.717, 1.165) is 12.8 Å². The van der Waals surface area contributed by atoms with E-state index in [1.54, 1.807) is 5.57 Å². The van der Waals surface area contributed by atoms with Crippen LogP contribution in [0.3, 0.4) is 0 Å². The first-order valence-corrected chi connectivity index (χ1v) is 9.22. The van der Waals surface area contributed by atoms with Gasteiger partial charge in [0.2, 0.25) is 0 Å². The molecule has 0 heterocycles. The summed E-state index contributed by atoms with van der Waals surface area (Å²) >= 11 is 0. The van der Waals surface area contributed by atoms with Crippen molar-refractivity contribution in [2.24, 2.45) is 0 Å². The Morgan fingerprint density at radius 3 is 2.43 bits per heavy atom. The lowest BCUT2D eigenvalue weighted by Crippen LogP contribution is -1.88. The van der Waals surface area contributed by atoms with Gasteiger partial charge in [-0.2, -0.15) is 0 Å². The van der Waals surface area contributed by atoms with Crippen LogP contribution < -0.4 is 0 Å². The van der Waals surface area contributed by atoms with Gasteiger partial charge in [-0.15, -0.1) is 0 Å². The standard InChI is InChI=1S/C23H28/c1-3-5-6-7-9-19-16-21-10-8-11-22(23(21)17-19)20-14-12-18(4-2)13-15-20/h8,10-15,17H,3-7,9,16H2,1-2H3. The Balaban J connectivity index is 1.79. The molecule has 0 radical (unpaired) electrons. The van der Waals surface area contributed by atoms with E-state index in [4.69, 9.17) is 0 Å². The summed E-state index contributed by atoms with van der Waals surface area (Å²) in [5.41, 5.74) is 8.74. The van der Waals surface area contributed by atoms with Crippen LogP contribution in [0.2, 0.25) is 0 Å². The fourth-order valence-corrected chi connectivity index (χ4v) is 3.55. The van der Waals surface area contributed by atoms with E-state index < -0.39 is 0 Å². The zero-order valence-corrected chi connectivity index (χ0v) is 14.6. The molecule has 0 atom stereocenters. The van der Waals surface area contributed by atoms with Crippen molar-refractivity contribution in [2.75, 3.05) is 0 Å². The number of aryl methyl sites for hydroxylation is 1. The fourth-order valence-electron chi connectivity index (χ4n) is 3.55. The highest BCUT2D eigenvalue weighted by molar-refractivity contribution is 5.80. The molecule has 3 rings (SSSR count). The van der Waals surface area contributed by atoms with Crippen LogP contribution in [0.4, 0.5) is 0 Å². The van der Waals surface area contributed by atoms with Gasteiger partial charge in [0, 0.05) is 0 Å². The van der Waals surface area contributed by atoms with Crippen LogP contribution in [0.1, 0.15) is 62.6 Å². The van der Waals surface area contributed by atoms with Crippen molar-refractivity contribution in [1.29, 1.82) is 0 Å². The van der Waals surface area contributed by atoms with Crippen molar-refractivity contribution in [1.82, 2.24) is 0 Å². The number of fused-ring (bicyclic) bond motifs is 1. The molecule has 0 saturated carbocycles. The van der Waals surface area contributed by atoms with Crippen LogP contribution >= 0.6 is 0 Å². The van der Waals surface area contributed by atoms with Gasteiger partial charge in [0.15, 0.2) is 0 Å². The van der Waals surface area contributed by atoms with Crippen LogP contribution in [0.15, 0.2) is 48.0 Å². The summed E-state index contributed by atoms with van der Waals surface area (Å²) in [5.74, 6) is 0. The molecule has 0 unspecified atom stereocenters. The van der Waals surface area contributed by atoms with Crippen LogP contribution in [-0.2, 0) is 12.8 Å². The maximum absolute atomic E-state index is 2.46. The number of allylic oxidation sites excluding steroid dienone is 1. The van der Waals surface area contributed by atoms with Crippen molar-refractivity contribution in [2.45, 2.75) is 58.8 Å². The van der Waals surface area contributed by atoms with E-state index in [2.05, 4.69) is 62.4 Å². The third-order valence-electron chi connectivity index (χ3n) is 4.99. The Morgan fingerprint density at radius 2 is 1.70 bits per heavy atom. The maximum atomic E-state index is 2.46. The molecular formula is C23H28. The molecular weight excluding hydrogens is 276 g/mol. The minimum atomic E-state index is 1.11. The summed E-state index contributed by atoms with van der Waals surface area (Å²) in [6.07, 6.45) is 11.4. The number of benzene rings is 2. The van der Waals surface area contributed by atoms with Crippen molar-refractivity contribution in [3.63, 3.8) is 0 Å². The molecule has 0 spiro atoms. The Morgan fingerprint density at radius 1 is 0.870 bits per heavy atom. The van der Waals surface area contributed by atoms with E-state index in [-0.39, 0.29) is 0 Å². The van der Waals surface area contributed by atoms with E-state index in [1.807, 2.05) is 0 Å². The molecule has 0 saturated heterocycles. The lowest BCUT2D eigenvalue weighted by Gasteiger charge is -2.08. The minimum Gasteiger partial charge on any atom is -0.0654 e. The monoisotopic (exact) mass is 304 g/mol. The molecule has 0 amide bonds. The largest absolute Gasteiger partial charge is 0.0654 e. The Hall–Kier alpha value is -1.82. The highest BCUT2D eigenvalue weighted by Crippen LogP contribution is 2.35. The van der Waals surface area contributed by atoms with Crippen LogP contribution in [0.5, 0.6) is 0 Å². The van der Waals surface area contributed by atoms with Gasteiger partial charge in [0.25, 0.3) is 0 Å². The SMILES string of the molecule is CCCCCCC1=Cc2c(cccc2-c2ccc(CC)cc2)C1. The fraction of sp³-hybridized carbons (Fsp3) is 0.391. The quantitative estimate of drug-likeness (QED) is 0.492. The first kappa shape index (κ1) is 16.1. The molecule has 2 aromatic rings. The summed E-state index contributed by atoms with van der Waals surface area (Å²) in [6, 6.07) is 15.9. The molecule has 0 nitrogen and oxygen atoms in total. The molecule has 0 bridgehead atoms. The Kier molecular flexibility index (Phi) is 5.33. The molecule has 0 fully saturated rings. The molecule has 23 heavy (non-hydrogen) atoms. The van der Waals surface area contributed by atoms with E-state index in [0.29, 0.717) is 0 Å². The van der Waals surface area contributed by atoms with Gasteiger partial charge >= 0.3 is 0 Å². The second-order valence-corrected chi connectivity index (χ2v) is 6.72. The first-order valence-electron chi connectivity index (χ1n) is 9.22. The number of unbranched alkanes of at least 4 members (excludes halogenated alkanes) is 3. The lowest BCUT2D eigenvalue weighted by atomic mass is 9.96. The van der Waals surface area contributed by atoms with Crippen molar-refractivity contribution in [3.05, 3.63) is 64.7 Å². The van der Waals surface area contributed by atoms with Crippen molar-refractivity contribution < 1.29 is 0 Å². The van der Waals surface area contributed by atoms with Gasteiger partial charge in [-0.3, -0.25) is 0 Å². The molecule has 1 aliphatic carbocycles. The average Bonchev–Trinajstić information content (AvgIpc) is 3.02. The highest BCUT2D eigenvalue weighted by atomic mass is 14.2. The zero-order valence-electron chi connectivity index (χ0n) is 14.6. The molecule has 1 aliphatic rings. The predicted octanol–water partition coefficient (Wildman–Crippen LogP) is 6.83. The van der Waals surface area contributed by atoms with Gasteiger partial charge in [0.05, 0.1) is 0 Å². The van der Waals surface area contributed by atoms with Gasteiger partial charge < -0.3 is 0 Å². The molecule has 2 aromatic carbocycles. The predicted molar refractivity (Wildman–Crippen MR) is 102 cm³/mol. The third kappa shape index (κ3) is 3.75. The number of hydrogen-bond acceptors (Lipinski definition) is 0. The van der Waals surface area contributed by atoms with Crippen LogP contribution in [0.25, 0.3) is 17.2 Å². The average molecular weight is 304 g/mol. The summed E-state index contributed by atoms with van der Waals surface area (Å²) < 4.78 is 0. The van der Waals surface area contributed by atoms with Crippen LogP contribution in [0, 0.1) is 0 Å². The number of rotatable bonds is 7. The lowest BCUT2D eigenvalue weighted by molar-refractivity contribution is 0.662. The number of hydrogen-bond donors (Lipinski definition) is 0. The molecule has 0 aliphatic heterocycles. The Labute approximate surface area is 141 Å². The Bertz CT molecular complexity index is 674. The summed E-state index contributed by atoms with van der Waals surface area (Å²) in [7, 11) is 0. The van der Waals surface area contributed by atoms with E-state index >= 15 is 0 Å². The topological polar surface area (TPSA) is 0 Å². The van der Waals surface area contributed by atoms with Gasteiger partial charge in [-0.25, -0.2) is 0 Å². The van der Waals surface area contributed by atoms with E-state index in [9.17, 15) is 0 Å². The molecule has 120 valence electrons. The zero-order chi connectivity index (χ0) is 16.1. The molecule has 0 N–H and O–H groups in total. The smallest absolute Gasteiger partial charge is 0.00576 e. The minimum absolute atomic E-state index is 1.11. The van der Waals surface area contributed by atoms with Gasteiger partial charge in [-0.05, 0) is 53.5 Å². The van der Waals surface area contributed by atoms with Gasteiger partial charge in [-0.1, -0.05) is 87.2 Å². The van der Waals surface area contributed by atoms with Crippen molar-refractivity contribution in [3.8, 4) is 11.1 Å². The maximum Gasteiger partial charge on any atom is -0.00576 e.